The van der Waals surface area contributed by atoms with Crippen LogP contribution >= 0.6 is 0 Å². The summed E-state index contributed by atoms with van der Waals surface area (Å²) in [6.07, 6.45) is 4.49. The molecule has 3 aromatic rings. The molecule has 176 valence electrons. The van der Waals surface area contributed by atoms with Gasteiger partial charge in [0.1, 0.15) is 5.52 Å². The van der Waals surface area contributed by atoms with Gasteiger partial charge in [-0.15, -0.1) is 0 Å². The Kier molecular flexibility index (Phi) is 4.32. The molecule has 2 aliphatic heterocycles. The number of aliphatic imine (C=N–C) groups is 1. The molecule has 3 heterocycles. The van der Waals surface area contributed by atoms with Gasteiger partial charge in [0.2, 0.25) is 5.89 Å². The van der Waals surface area contributed by atoms with Crippen molar-refractivity contribution in [3.05, 3.63) is 58.5 Å². The average Bonchev–Trinajstić information content (AvgIpc) is 3.41. The third kappa shape index (κ3) is 2.88. The van der Waals surface area contributed by atoms with Crippen LogP contribution in [0.1, 0.15) is 80.9 Å². The highest BCUT2D eigenvalue weighted by Crippen LogP contribution is 2.56. The molecule has 3 aliphatic rings. The molecule has 5 nitrogen and oxygen atoms in total. The van der Waals surface area contributed by atoms with Crippen LogP contribution in [-0.2, 0) is 23.7 Å². The molecule has 2 atom stereocenters. The summed E-state index contributed by atoms with van der Waals surface area (Å²) < 4.78 is 6.19. The maximum atomic E-state index is 13.8. The number of amides is 1. The van der Waals surface area contributed by atoms with Crippen molar-refractivity contribution < 1.29 is 9.21 Å². The van der Waals surface area contributed by atoms with Crippen LogP contribution in [0.15, 0.2) is 39.7 Å². The van der Waals surface area contributed by atoms with Gasteiger partial charge in [-0.1, -0.05) is 41.5 Å². The van der Waals surface area contributed by atoms with E-state index >= 15 is 0 Å². The summed E-state index contributed by atoms with van der Waals surface area (Å²) in [6.45, 7) is 14.2. The largest absolute Gasteiger partial charge is 0.440 e. The number of hydrogen-bond donors (Lipinski definition) is 0. The minimum absolute atomic E-state index is 0.0388. The summed E-state index contributed by atoms with van der Waals surface area (Å²) in [7, 11) is 0. The molecule has 2 aromatic carbocycles. The van der Waals surface area contributed by atoms with E-state index in [1.54, 1.807) is 0 Å². The van der Waals surface area contributed by atoms with Crippen LogP contribution < -0.4 is 0 Å². The summed E-state index contributed by atoms with van der Waals surface area (Å²) in [6, 6.07) is 10.5. The summed E-state index contributed by atoms with van der Waals surface area (Å²) >= 11 is 0. The van der Waals surface area contributed by atoms with Crippen molar-refractivity contribution in [1.29, 1.82) is 0 Å². The van der Waals surface area contributed by atoms with Crippen molar-refractivity contribution >= 4 is 28.9 Å². The lowest BCUT2D eigenvalue weighted by Crippen LogP contribution is -2.64. The lowest BCUT2D eigenvalue weighted by atomic mass is 9.51. The second kappa shape index (κ2) is 6.80. The number of hydrogen-bond acceptors (Lipinski definition) is 4. The van der Waals surface area contributed by atoms with Gasteiger partial charge in [-0.2, -0.15) is 0 Å². The zero-order valence-electron chi connectivity index (χ0n) is 21.0. The van der Waals surface area contributed by atoms with Crippen molar-refractivity contribution in [3.8, 4) is 0 Å². The minimum atomic E-state index is -0.136. The van der Waals surface area contributed by atoms with Gasteiger partial charge < -0.3 is 9.32 Å². The number of carbonyl (C=O) groups is 1. The third-order valence-electron chi connectivity index (χ3n) is 8.88. The molecule has 1 aliphatic carbocycles. The van der Waals surface area contributed by atoms with Crippen LogP contribution in [0.3, 0.4) is 0 Å². The van der Waals surface area contributed by atoms with E-state index in [0.717, 1.165) is 59.6 Å². The fraction of sp³-hybridized carbons (Fsp3) is 0.483. The number of oxazole rings is 1. The minimum Gasteiger partial charge on any atom is -0.440 e. The Balaban J connectivity index is 1.41. The molecule has 5 heteroatoms. The number of benzene rings is 2. The third-order valence-corrected chi connectivity index (χ3v) is 8.88. The molecule has 0 spiro atoms. The van der Waals surface area contributed by atoms with Crippen LogP contribution in [0.2, 0.25) is 0 Å². The predicted molar refractivity (Wildman–Crippen MR) is 135 cm³/mol. The molecular formula is C29H33N3O2. The number of piperidine rings is 1. The molecular weight excluding hydrogens is 422 g/mol. The topological polar surface area (TPSA) is 58.7 Å². The van der Waals surface area contributed by atoms with Crippen LogP contribution in [0.4, 0.5) is 5.69 Å². The van der Waals surface area contributed by atoms with E-state index in [0.29, 0.717) is 0 Å². The molecule has 2 bridgehead atoms. The maximum Gasteiger partial charge on any atom is 0.254 e. The van der Waals surface area contributed by atoms with Gasteiger partial charge >= 0.3 is 0 Å². The number of nitrogens with zero attached hydrogens (tertiary/aromatic N) is 3. The Morgan fingerprint density at radius 2 is 1.91 bits per heavy atom. The van der Waals surface area contributed by atoms with Crippen molar-refractivity contribution in [2.75, 3.05) is 6.54 Å². The van der Waals surface area contributed by atoms with E-state index in [1.165, 1.54) is 11.1 Å². The quantitative estimate of drug-likeness (QED) is 0.443. The first-order valence-corrected chi connectivity index (χ1v) is 12.4. The van der Waals surface area contributed by atoms with Gasteiger partial charge in [0.05, 0.1) is 5.69 Å². The lowest BCUT2D eigenvalue weighted by molar-refractivity contribution is -0.0261. The molecule has 1 fully saturated rings. The van der Waals surface area contributed by atoms with E-state index in [-0.39, 0.29) is 28.2 Å². The van der Waals surface area contributed by atoms with Crippen LogP contribution in [-0.4, -0.2) is 34.6 Å². The smallest absolute Gasteiger partial charge is 0.254 e. The highest BCUT2D eigenvalue weighted by Gasteiger charge is 2.57. The van der Waals surface area contributed by atoms with E-state index in [2.05, 4.69) is 63.6 Å². The predicted octanol–water partition coefficient (Wildman–Crippen LogP) is 6.14. The zero-order chi connectivity index (χ0) is 24.0. The Morgan fingerprint density at radius 1 is 1.12 bits per heavy atom. The van der Waals surface area contributed by atoms with Crippen LogP contribution in [0.25, 0.3) is 11.1 Å². The number of rotatable bonds is 1. The molecule has 6 rings (SSSR count). The summed E-state index contributed by atoms with van der Waals surface area (Å²) in [4.78, 5) is 25.2. The Morgan fingerprint density at radius 3 is 2.68 bits per heavy atom. The van der Waals surface area contributed by atoms with Crippen molar-refractivity contribution in [2.45, 2.75) is 77.7 Å². The first-order valence-electron chi connectivity index (χ1n) is 12.4. The molecule has 1 aromatic heterocycles. The highest BCUT2D eigenvalue weighted by molar-refractivity contribution is 5.96. The number of likely N-dealkylation sites (tertiary alicyclic amines) is 1. The van der Waals surface area contributed by atoms with E-state index in [9.17, 15) is 4.79 Å². The van der Waals surface area contributed by atoms with Gasteiger partial charge in [0.25, 0.3) is 5.91 Å². The van der Waals surface area contributed by atoms with Gasteiger partial charge in [-0.05, 0) is 65.3 Å². The monoisotopic (exact) mass is 455 g/mol. The second-order valence-corrected chi connectivity index (χ2v) is 12.1. The van der Waals surface area contributed by atoms with Gasteiger partial charge in [0.15, 0.2) is 5.58 Å². The zero-order valence-corrected chi connectivity index (χ0v) is 21.0. The SMILES string of the molecule is CC(C)(C)c1nc2cc3c(cc2o1)C[C@H]1N(C(=O)c2ccc4c(c2)CC=N4)CC[C@]3(C)C1(C)C. The number of fused-ring (bicyclic) bond motifs is 6. The fourth-order valence-corrected chi connectivity index (χ4v) is 6.31. The molecule has 0 N–H and O–H groups in total. The van der Waals surface area contributed by atoms with Crippen LogP contribution in [0, 0.1) is 5.41 Å². The van der Waals surface area contributed by atoms with Gasteiger partial charge in [0, 0.05) is 41.6 Å². The Labute approximate surface area is 201 Å². The molecule has 34 heavy (non-hydrogen) atoms. The average molecular weight is 456 g/mol. The molecule has 0 saturated carbocycles. The number of carbonyl (C=O) groups excluding carboxylic acids is 1. The molecule has 0 radical (unpaired) electrons. The Bertz CT molecular complexity index is 1370. The lowest BCUT2D eigenvalue weighted by Gasteiger charge is -2.60. The fourth-order valence-electron chi connectivity index (χ4n) is 6.31. The molecule has 1 amide bonds. The second-order valence-electron chi connectivity index (χ2n) is 12.1. The highest BCUT2D eigenvalue weighted by atomic mass is 16.3. The normalized spacial score (nSPS) is 24.9. The molecule has 0 unspecified atom stereocenters. The maximum absolute atomic E-state index is 13.8. The van der Waals surface area contributed by atoms with E-state index < -0.39 is 0 Å². The van der Waals surface area contributed by atoms with Crippen molar-refractivity contribution in [1.82, 2.24) is 9.88 Å². The Hall–Kier alpha value is -2.95. The summed E-state index contributed by atoms with van der Waals surface area (Å²) in [5, 5.41) is 0. The number of aromatic nitrogens is 1. The van der Waals surface area contributed by atoms with Gasteiger partial charge in [-0.3, -0.25) is 9.79 Å². The first kappa shape index (κ1) is 21.6. The standard InChI is InChI=1S/C29H33N3O2/c1-27(2,3)26-31-22-16-20-19(14-23(22)34-26)15-24-28(4,5)29(20,6)10-12-32(24)25(33)18-7-8-21-17(13-18)9-11-30-21/h7-8,11,13-14,16,24H,9-10,12,15H2,1-6H3/t24-,29+/m1/s1. The van der Waals surface area contributed by atoms with Crippen molar-refractivity contribution in [2.24, 2.45) is 10.4 Å². The summed E-state index contributed by atoms with van der Waals surface area (Å²) in [5.74, 6) is 0.906. The first-order chi connectivity index (χ1) is 16.0. The van der Waals surface area contributed by atoms with Crippen molar-refractivity contribution in [3.63, 3.8) is 0 Å². The summed E-state index contributed by atoms with van der Waals surface area (Å²) in [5.41, 5.74) is 7.11. The van der Waals surface area contributed by atoms with E-state index in [4.69, 9.17) is 9.40 Å². The van der Waals surface area contributed by atoms with Gasteiger partial charge in [-0.25, -0.2) is 4.98 Å². The van der Waals surface area contributed by atoms with Crippen LogP contribution in [0.5, 0.6) is 0 Å². The van der Waals surface area contributed by atoms with E-state index in [1.807, 2.05) is 24.4 Å². The molecule has 1 saturated heterocycles.